The number of nitrogens with one attached hydrogen (secondary N) is 3. The van der Waals surface area contributed by atoms with E-state index >= 15 is 0 Å². The fraction of sp³-hybridized carbons (Fsp3) is 0.400. The number of benzene rings is 2. The summed E-state index contributed by atoms with van der Waals surface area (Å²) < 4.78 is 11.3. The molecule has 0 saturated carbocycles. The Bertz CT molecular complexity index is 932. The maximum Gasteiger partial charge on any atom is 0.276 e. The van der Waals surface area contributed by atoms with Gasteiger partial charge in [-0.3, -0.25) is 25.8 Å². The van der Waals surface area contributed by atoms with Crippen LogP contribution in [0.25, 0.3) is 0 Å². The molecule has 0 radical (unpaired) electrons. The van der Waals surface area contributed by atoms with Crippen molar-refractivity contribution in [3.63, 3.8) is 0 Å². The quantitative estimate of drug-likeness (QED) is 0.353. The van der Waals surface area contributed by atoms with Gasteiger partial charge in [0.15, 0.2) is 11.7 Å². The summed E-state index contributed by atoms with van der Waals surface area (Å²) in [6.45, 7) is 8.92. The van der Waals surface area contributed by atoms with E-state index in [1.165, 1.54) is 0 Å². The second-order valence-corrected chi connectivity index (χ2v) is 8.56. The summed E-state index contributed by atoms with van der Waals surface area (Å²) in [5.41, 5.74) is 6.41. The number of thiocarbonyl (C=S) groups is 1. The van der Waals surface area contributed by atoms with Gasteiger partial charge in [0.2, 0.25) is 0 Å². The number of rotatable bonds is 10. The van der Waals surface area contributed by atoms with Crippen LogP contribution in [0, 0.1) is 5.92 Å². The van der Waals surface area contributed by atoms with E-state index in [-0.39, 0.29) is 11.7 Å². The van der Waals surface area contributed by atoms with Crippen LogP contribution >= 0.6 is 12.2 Å². The third kappa shape index (κ3) is 9.10. The minimum Gasteiger partial charge on any atom is -0.494 e. The zero-order valence-electron chi connectivity index (χ0n) is 19.6. The van der Waals surface area contributed by atoms with Crippen molar-refractivity contribution < 1.29 is 19.1 Å². The molecule has 7 nitrogen and oxygen atoms in total. The van der Waals surface area contributed by atoms with Crippen LogP contribution in [0.1, 0.15) is 62.4 Å². The first-order valence-electron chi connectivity index (χ1n) is 11.1. The van der Waals surface area contributed by atoms with Crippen molar-refractivity contribution in [2.24, 2.45) is 5.92 Å². The molecule has 3 N–H and O–H groups in total. The number of para-hydroxylation sites is 1. The molecular formula is C25H33N3O4S. The summed E-state index contributed by atoms with van der Waals surface area (Å²) in [6.07, 6.45) is 1.93. The number of amides is 2. The molecule has 178 valence electrons. The Balaban J connectivity index is 1.75. The summed E-state index contributed by atoms with van der Waals surface area (Å²) in [7, 11) is 0. The van der Waals surface area contributed by atoms with Gasteiger partial charge < -0.3 is 9.47 Å². The van der Waals surface area contributed by atoms with E-state index < -0.39 is 11.8 Å². The molecule has 0 aliphatic rings. The molecule has 0 fully saturated rings. The third-order valence-electron chi connectivity index (χ3n) is 5.04. The summed E-state index contributed by atoms with van der Waals surface area (Å²) in [5.74, 6) is 1.45. The van der Waals surface area contributed by atoms with Crippen molar-refractivity contribution in [3.8, 4) is 11.5 Å². The molecule has 8 heteroatoms. The Labute approximate surface area is 201 Å². The van der Waals surface area contributed by atoms with Crippen LogP contribution in [0.15, 0.2) is 48.5 Å². The van der Waals surface area contributed by atoms with Gasteiger partial charge in [0, 0.05) is 5.56 Å². The monoisotopic (exact) mass is 471 g/mol. The van der Waals surface area contributed by atoms with Crippen molar-refractivity contribution in [2.45, 2.75) is 46.5 Å². The molecule has 2 amide bonds. The molecule has 33 heavy (non-hydrogen) atoms. The molecule has 1 atom stereocenters. The van der Waals surface area contributed by atoms with Crippen LogP contribution in [-0.2, 0) is 4.79 Å². The van der Waals surface area contributed by atoms with E-state index in [2.05, 4.69) is 43.9 Å². The molecule has 1 unspecified atom stereocenters. The van der Waals surface area contributed by atoms with Gasteiger partial charge in [0.25, 0.3) is 11.8 Å². The maximum absolute atomic E-state index is 12.3. The van der Waals surface area contributed by atoms with Crippen molar-refractivity contribution in [3.05, 3.63) is 59.7 Å². The van der Waals surface area contributed by atoms with E-state index in [4.69, 9.17) is 21.7 Å². The smallest absolute Gasteiger partial charge is 0.276 e. The van der Waals surface area contributed by atoms with E-state index in [1.54, 1.807) is 24.3 Å². The zero-order chi connectivity index (χ0) is 24.2. The number of carbonyl (C=O) groups excluding carboxylic acids is 2. The number of hydrogen-bond donors (Lipinski definition) is 3. The summed E-state index contributed by atoms with van der Waals surface area (Å²) >= 11 is 5.08. The molecule has 0 aromatic heterocycles. The highest BCUT2D eigenvalue weighted by molar-refractivity contribution is 7.80. The summed E-state index contributed by atoms with van der Waals surface area (Å²) in [6, 6.07) is 14.4. The lowest BCUT2D eigenvalue weighted by molar-refractivity contribution is -0.123. The Morgan fingerprint density at radius 2 is 1.67 bits per heavy atom. The third-order valence-corrected chi connectivity index (χ3v) is 5.25. The van der Waals surface area contributed by atoms with Crippen molar-refractivity contribution in [2.75, 3.05) is 13.2 Å². The predicted octanol–water partition coefficient (Wildman–Crippen LogP) is 4.34. The Hall–Kier alpha value is -3.13. The standard InChI is InChI=1S/C25H33N3O4S/c1-5-18(4)21-8-6-7-9-22(21)32-16-23(29)27-28-25(33)26-24(30)19-10-12-20(13-11-19)31-15-14-17(2)3/h6-13,17-18H,5,14-16H2,1-4H3,(H,27,29)(H2,26,28,30,33). The molecule has 0 heterocycles. The molecule has 0 aliphatic heterocycles. The average molecular weight is 472 g/mol. The fourth-order valence-electron chi connectivity index (χ4n) is 2.87. The van der Waals surface area contributed by atoms with Gasteiger partial charge in [-0.05, 0) is 72.8 Å². The van der Waals surface area contributed by atoms with Gasteiger partial charge in [-0.15, -0.1) is 0 Å². The van der Waals surface area contributed by atoms with Crippen molar-refractivity contribution in [1.29, 1.82) is 0 Å². The highest BCUT2D eigenvalue weighted by atomic mass is 32.1. The first-order valence-corrected chi connectivity index (χ1v) is 11.6. The number of hydrazine groups is 1. The Kier molecular flexibility index (Phi) is 10.6. The second-order valence-electron chi connectivity index (χ2n) is 8.15. The zero-order valence-corrected chi connectivity index (χ0v) is 20.5. The lowest BCUT2D eigenvalue weighted by atomic mass is 9.98. The van der Waals surface area contributed by atoms with Crippen LogP contribution in [0.5, 0.6) is 11.5 Å². The number of hydrogen-bond acceptors (Lipinski definition) is 5. The Morgan fingerprint density at radius 3 is 2.33 bits per heavy atom. The second kappa shape index (κ2) is 13.4. The first kappa shape index (κ1) is 26.1. The maximum atomic E-state index is 12.3. The van der Waals surface area contributed by atoms with Gasteiger partial charge in [-0.1, -0.05) is 45.9 Å². The highest BCUT2D eigenvalue weighted by Crippen LogP contribution is 2.28. The van der Waals surface area contributed by atoms with E-state index in [0.717, 1.165) is 18.4 Å². The van der Waals surface area contributed by atoms with Crippen LogP contribution < -0.4 is 25.6 Å². The SMILES string of the molecule is CCC(C)c1ccccc1OCC(=O)NNC(=S)NC(=O)c1ccc(OCCC(C)C)cc1. The topological polar surface area (TPSA) is 88.7 Å². The minimum absolute atomic E-state index is 0.0226. The van der Waals surface area contributed by atoms with Gasteiger partial charge in [0.05, 0.1) is 6.61 Å². The normalized spacial score (nSPS) is 11.4. The first-order chi connectivity index (χ1) is 15.8. The molecule has 0 saturated heterocycles. The summed E-state index contributed by atoms with van der Waals surface area (Å²) in [5, 5.41) is 2.50. The van der Waals surface area contributed by atoms with Crippen LogP contribution in [0.4, 0.5) is 0 Å². The molecule has 2 aromatic rings. The van der Waals surface area contributed by atoms with Gasteiger partial charge in [-0.25, -0.2) is 0 Å². The lowest BCUT2D eigenvalue weighted by Gasteiger charge is -2.16. The fourth-order valence-corrected chi connectivity index (χ4v) is 3.01. The van der Waals surface area contributed by atoms with Crippen molar-refractivity contribution >= 4 is 29.1 Å². The van der Waals surface area contributed by atoms with E-state index in [0.29, 0.717) is 35.5 Å². The molecule has 0 spiro atoms. The molecule has 0 aliphatic carbocycles. The molecule has 2 rings (SSSR count). The molecule has 2 aromatic carbocycles. The largest absolute Gasteiger partial charge is 0.494 e. The van der Waals surface area contributed by atoms with Crippen LogP contribution in [0.3, 0.4) is 0 Å². The molecular weight excluding hydrogens is 438 g/mol. The van der Waals surface area contributed by atoms with E-state index in [1.807, 2.05) is 24.3 Å². The predicted molar refractivity (Wildman–Crippen MR) is 133 cm³/mol. The number of carbonyl (C=O) groups is 2. The highest BCUT2D eigenvalue weighted by Gasteiger charge is 2.12. The lowest BCUT2D eigenvalue weighted by Crippen LogP contribution is -2.49. The van der Waals surface area contributed by atoms with E-state index in [9.17, 15) is 9.59 Å². The van der Waals surface area contributed by atoms with Crippen LogP contribution in [0.2, 0.25) is 0 Å². The van der Waals surface area contributed by atoms with Crippen LogP contribution in [-0.4, -0.2) is 30.1 Å². The molecule has 0 bridgehead atoms. The average Bonchev–Trinajstić information content (AvgIpc) is 2.81. The van der Waals surface area contributed by atoms with Gasteiger partial charge in [0.1, 0.15) is 11.5 Å². The van der Waals surface area contributed by atoms with Gasteiger partial charge >= 0.3 is 0 Å². The summed E-state index contributed by atoms with van der Waals surface area (Å²) in [4.78, 5) is 24.4. The Morgan fingerprint density at radius 1 is 0.970 bits per heavy atom. The van der Waals surface area contributed by atoms with Crippen molar-refractivity contribution in [1.82, 2.24) is 16.2 Å². The van der Waals surface area contributed by atoms with Gasteiger partial charge in [-0.2, -0.15) is 0 Å². The minimum atomic E-state index is -0.423. The number of ether oxygens (including phenoxy) is 2.